The zero-order valence-electron chi connectivity index (χ0n) is 53.1. The Labute approximate surface area is 552 Å². The fourth-order valence-corrected chi connectivity index (χ4v) is 15.0. The molecule has 444 valence electrons. The van der Waals surface area contributed by atoms with Gasteiger partial charge in [0.15, 0.2) is 0 Å². The Balaban J connectivity index is 0.000000143. The van der Waals surface area contributed by atoms with Crippen molar-refractivity contribution in [3.63, 3.8) is 0 Å². The summed E-state index contributed by atoms with van der Waals surface area (Å²) in [5, 5.41) is 0. The molecule has 0 aromatic heterocycles. The van der Waals surface area contributed by atoms with Gasteiger partial charge in [-0.15, -0.1) is 0 Å². The van der Waals surface area contributed by atoms with Crippen molar-refractivity contribution < 1.29 is 0 Å². The number of aryl methyl sites for hydroxylation is 4. The molecule has 0 spiro atoms. The molecule has 0 fully saturated rings. The van der Waals surface area contributed by atoms with Gasteiger partial charge >= 0.3 is 0 Å². The van der Waals surface area contributed by atoms with Crippen molar-refractivity contribution in [2.24, 2.45) is 0 Å². The molecule has 0 amide bonds. The number of para-hydroxylation sites is 3. The Bertz CT molecular complexity index is 5170. The van der Waals surface area contributed by atoms with Crippen LogP contribution in [0.15, 0.2) is 328 Å². The monoisotopic (exact) mass is 1200 g/mol. The number of fused-ring (bicyclic) bond motifs is 8. The molecule has 4 aliphatic heterocycles. The zero-order chi connectivity index (χ0) is 63.0. The molecule has 0 aliphatic carbocycles. The highest BCUT2D eigenvalue weighted by Gasteiger charge is 2.45. The van der Waals surface area contributed by atoms with Crippen LogP contribution in [0.3, 0.4) is 0 Å². The van der Waals surface area contributed by atoms with E-state index in [1.165, 1.54) is 156 Å². The fraction of sp³-hybridized carbons (Fsp3) is 0.0455. The minimum Gasteiger partial charge on any atom is -0.311 e. The van der Waals surface area contributed by atoms with Crippen LogP contribution in [0.5, 0.6) is 0 Å². The molecule has 0 N–H and O–H groups in total. The number of nitrogens with zero attached hydrogens (tertiary/aromatic N) is 4. The molecule has 0 saturated carbocycles. The SMILES string of the molecule is Cc1ccc(-c2ccc(N3c4ccc(-c5ccc(C)cc5)cc4B4c5ccccc5N(c5ccc(C)cc5)c5cccc3c54)cc2)cc1.Cc1ccc(-c2ccc3c(c2)B2c4ccccc4N(c4ccccc4)c4cccc(c42)N3c2ccc(-c3ccccc3)cc2)cc1. The lowest BCUT2D eigenvalue weighted by Crippen LogP contribution is -2.61. The molecule has 18 rings (SSSR count). The van der Waals surface area contributed by atoms with Crippen LogP contribution in [-0.2, 0) is 0 Å². The Morgan fingerprint density at radius 1 is 0.181 bits per heavy atom. The molecule has 14 aromatic rings. The van der Waals surface area contributed by atoms with E-state index in [1.54, 1.807) is 0 Å². The standard InChI is InChI=1S/C45H35BN2.C43H31BN2/c1-30-11-17-33(18-12-30)34-21-26-38(27-22-34)48-42-28-23-36(35-19-13-31(2)14-20-35)29-40(42)46-39-7-4-5-8-41(39)47(37-24-15-32(3)16-25-37)43-9-6-10-44(48)45(43)46;1-30-19-21-33(22-20-30)34-25-28-40-38(29-34)44-37-15-8-9-16-39(37)45(35-13-6-3-7-14-35)41-17-10-18-42(43(41)44)46(40)36-26-23-32(24-27-36)31-11-4-2-5-12-31/h4-29H,1-3H3;2-29H,1H3. The van der Waals surface area contributed by atoms with E-state index in [2.05, 4.69) is 375 Å². The van der Waals surface area contributed by atoms with Gasteiger partial charge in [0.05, 0.1) is 0 Å². The number of anilines is 12. The highest BCUT2D eigenvalue weighted by molar-refractivity contribution is 7.01. The zero-order valence-corrected chi connectivity index (χ0v) is 53.1. The van der Waals surface area contributed by atoms with Crippen LogP contribution in [0.25, 0.3) is 44.5 Å². The Morgan fingerprint density at radius 3 is 0.798 bits per heavy atom. The van der Waals surface area contributed by atoms with Gasteiger partial charge in [0, 0.05) is 68.2 Å². The van der Waals surface area contributed by atoms with Gasteiger partial charge in [-0.05, 0) is 202 Å². The second-order valence-electron chi connectivity index (χ2n) is 25.5. The highest BCUT2D eigenvalue weighted by atomic mass is 15.2. The third kappa shape index (κ3) is 9.72. The predicted octanol–water partition coefficient (Wildman–Crippen LogP) is 19.4. The highest BCUT2D eigenvalue weighted by Crippen LogP contribution is 2.47. The summed E-state index contributed by atoms with van der Waals surface area (Å²) in [5.74, 6) is 0. The quantitative estimate of drug-likeness (QED) is 0.141. The molecule has 0 radical (unpaired) electrons. The number of hydrogen-bond donors (Lipinski definition) is 0. The second-order valence-corrected chi connectivity index (χ2v) is 25.5. The summed E-state index contributed by atoms with van der Waals surface area (Å²) in [7, 11) is 0. The van der Waals surface area contributed by atoms with Crippen LogP contribution in [-0.4, -0.2) is 13.4 Å². The molecule has 6 heteroatoms. The molecule has 0 unspecified atom stereocenters. The first-order valence-corrected chi connectivity index (χ1v) is 32.8. The average molecular weight is 1200 g/mol. The molecule has 4 heterocycles. The smallest absolute Gasteiger partial charge is 0.252 e. The van der Waals surface area contributed by atoms with Crippen molar-refractivity contribution in [3.05, 3.63) is 350 Å². The summed E-state index contributed by atoms with van der Waals surface area (Å²) >= 11 is 0. The minimum absolute atomic E-state index is 0.0950. The molecule has 94 heavy (non-hydrogen) atoms. The summed E-state index contributed by atoms with van der Waals surface area (Å²) < 4.78 is 0. The van der Waals surface area contributed by atoms with Gasteiger partial charge in [0.25, 0.3) is 13.4 Å². The molecule has 14 aromatic carbocycles. The lowest BCUT2D eigenvalue weighted by Gasteiger charge is -2.44. The maximum atomic E-state index is 2.48. The van der Waals surface area contributed by atoms with E-state index in [1.807, 2.05) is 0 Å². The summed E-state index contributed by atoms with van der Waals surface area (Å²) in [4.78, 5) is 9.84. The number of benzene rings is 14. The molecule has 4 nitrogen and oxygen atoms in total. The maximum Gasteiger partial charge on any atom is 0.252 e. The lowest BCUT2D eigenvalue weighted by atomic mass is 9.33. The first-order valence-electron chi connectivity index (χ1n) is 32.8. The predicted molar refractivity (Wildman–Crippen MR) is 402 cm³/mol. The lowest BCUT2D eigenvalue weighted by molar-refractivity contribution is 1.25. The Morgan fingerprint density at radius 2 is 0.426 bits per heavy atom. The van der Waals surface area contributed by atoms with Crippen molar-refractivity contribution in [1.29, 1.82) is 0 Å². The number of rotatable bonds is 8. The van der Waals surface area contributed by atoms with Crippen LogP contribution >= 0.6 is 0 Å². The largest absolute Gasteiger partial charge is 0.311 e. The van der Waals surface area contributed by atoms with E-state index in [9.17, 15) is 0 Å². The summed E-state index contributed by atoms with van der Waals surface area (Å²) in [5.41, 5.74) is 37.4. The third-order valence-corrected chi connectivity index (χ3v) is 19.6. The van der Waals surface area contributed by atoms with Gasteiger partial charge in [-0.2, -0.15) is 0 Å². The molecule has 0 atom stereocenters. The normalized spacial score (nSPS) is 12.8. The van der Waals surface area contributed by atoms with E-state index in [0.29, 0.717) is 0 Å². The van der Waals surface area contributed by atoms with Crippen molar-refractivity contribution in [1.82, 2.24) is 0 Å². The second kappa shape index (κ2) is 23.3. The third-order valence-electron chi connectivity index (χ3n) is 19.6. The van der Waals surface area contributed by atoms with E-state index in [-0.39, 0.29) is 13.4 Å². The van der Waals surface area contributed by atoms with Crippen LogP contribution in [0.2, 0.25) is 0 Å². The summed E-state index contributed by atoms with van der Waals surface area (Å²) in [6.07, 6.45) is 0. The van der Waals surface area contributed by atoms with Gasteiger partial charge in [-0.1, -0.05) is 253 Å². The van der Waals surface area contributed by atoms with E-state index in [0.717, 1.165) is 11.4 Å². The van der Waals surface area contributed by atoms with Crippen LogP contribution in [0.1, 0.15) is 22.3 Å². The van der Waals surface area contributed by atoms with Crippen molar-refractivity contribution in [2.75, 3.05) is 19.6 Å². The molecular formula is C88H66B2N4. The molecule has 0 bridgehead atoms. The van der Waals surface area contributed by atoms with Gasteiger partial charge < -0.3 is 19.6 Å². The maximum absolute atomic E-state index is 2.48. The molecule has 0 saturated heterocycles. The van der Waals surface area contributed by atoms with Gasteiger partial charge in [-0.3, -0.25) is 0 Å². The molecular weight excluding hydrogens is 1130 g/mol. The van der Waals surface area contributed by atoms with Crippen LogP contribution in [0, 0.1) is 27.7 Å². The topological polar surface area (TPSA) is 13.0 Å². The first kappa shape index (κ1) is 56.4. The first-order chi connectivity index (χ1) is 46.3. The van der Waals surface area contributed by atoms with E-state index in [4.69, 9.17) is 0 Å². The van der Waals surface area contributed by atoms with E-state index < -0.39 is 0 Å². The van der Waals surface area contributed by atoms with Crippen molar-refractivity contribution in [2.45, 2.75) is 27.7 Å². The Hall–Kier alpha value is -11.6. The molecule has 4 aliphatic rings. The van der Waals surface area contributed by atoms with E-state index >= 15 is 0 Å². The van der Waals surface area contributed by atoms with Gasteiger partial charge in [0.1, 0.15) is 0 Å². The van der Waals surface area contributed by atoms with Crippen molar-refractivity contribution >= 4 is 114 Å². The van der Waals surface area contributed by atoms with Gasteiger partial charge in [-0.25, -0.2) is 0 Å². The van der Waals surface area contributed by atoms with Gasteiger partial charge in [0.2, 0.25) is 0 Å². The summed E-state index contributed by atoms with van der Waals surface area (Å²) in [6.45, 7) is 8.78. The average Bonchev–Trinajstić information content (AvgIpc) is 0.710. The summed E-state index contributed by atoms with van der Waals surface area (Å²) in [6, 6.07) is 121. The number of hydrogen-bond acceptors (Lipinski definition) is 4. The Kier molecular flexibility index (Phi) is 14.0. The van der Waals surface area contributed by atoms with Crippen LogP contribution < -0.4 is 52.4 Å². The van der Waals surface area contributed by atoms with Crippen LogP contribution in [0.4, 0.5) is 68.2 Å². The van der Waals surface area contributed by atoms with Crippen molar-refractivity contribution in [3.8, 4) is 44.5 Å². The fourth-order valence-electron chi connectivity index (χ4n) is 15.0. The minimum atomic E-state index is 0.0950.